The van der Waals surface area contributed by atoms with Gasteiger partial charge >= 0.3 is 11.9 Å². The molecule has 0 rings (SSSR count). The summed E-state index contributed by atoms with van der Waals surface area (Å²) in [5.41, 5.74) is 0. The third-order valence-electron chi connectivity index (χ3n) is 1.80. The van der Waals surface area contributed by atoms with E-state index < -0.39 is 5.92 Å². The Bertz CT molecular complexity index is 206. The van der Waals surface area contributed by atoms with Gasteiger partial charge in [-0.3, -0.25) is 9.59 Å². The maximum atomic E-state index is 11.4. The summed E-state index contributed by atoms with van der Waals surface area (Å²) in [5, 5.41) is 0.663. The topological polar surface area (TPSA) is 52.6 Å². The minimum atomic E-state index is -0.400. The van der Waals surface area contributed by atoms with Crippen molar-refractivity contribution in [2.24, 2.45) is 5.92 Å². The van der Waals surface area contributed by atoms with Crippen molar-refractivity contribution < 1.29 is 19.1 Å². The largest absolute Gasteiger partial charge is 0.466 e. The van der Waals surface area contributed by atoms with Crippen LogP contribution in [0.25, 0.3) is 0 Å². The number of ether oxygens (including phenoxy) is 2. The zero-order chi connectivity index (χ0) is 11.7. The quantitative estimate of drug-likeness (QED) is 0.528. The van der Waals surface area contributed by atoms with Gasteiger partial charge in [0.05, 0.1) is 25.6 Å². The molecule has 4 nitrogen and oxygen atoms in total. The summed E-state index contributed by atoms with van der Waals surface area (Å²) in [5.74, 6) is -1.08. The first-order valence-electron chi connectivity index (χ1n) is 5.03. The first-order valence-corrected chi connectivity index (χ1v) is 6.16. The van der Waals surface area contributed by atoms with E-state index in [1.807, 2.05) is 0 Å². The Labute approximate surface area is 98.4 Å². The third-order valence-corrected chi connectivity index (χ3v) is 2.25. The van der Waals surface area contributed by atoms with E-state index >= 15 is 0 Å². The highest BCUT2D eigenvalue weighted by Gasteiger charge is 2.22. The Balaban J connectivity index is 4.13. The highest BCUT2D eigenvalue weighted by Crippen LogP contribution is 2.13. The smallest absolute Gasteiger partial charge is 0.309 e. The van der Waals surface area contributed by atoms with Gasteiger partial charge in [0.15, 0.2) is 0 Å². The Morgan fingerprint density at radius 2 is 1.80 bits per heavy atom. The van der Waals surface area contributed by atoms with Crippen molar-refractivity contribution in [2.75, 3.05) is 18.5 Å². The van der Waals surface area contributed by atoms with E-state index in [4.69, 9.17) is 9.47 Å². The summed E-state index contributed by atoms with van der Waals surface area (Å²) in [4.78, 5) is 22.6. The number of carbonyl (C=O) groups is 2. The molecule has 0 spiro atoms. The predicted octanol–water partition coefficient (Wildman–Crippen LogP) is 1.90. The Morgan fingerprint density at radius 1 is 1.20 bits per heavy atom. The molecule has 0 fully saturated rings. The van der Waals surface area contributed by atoms with E-state index in [2.05, 4.69) is 15.9 Å². The normalized spacial score (nSPS) is 11.9. The molecule has 0 amide bonds. The molecule has 0 aliphatic heterocycles. The molecular formula is C10H17BrO4. The monoisotopic (exact) mass is 280 g/mol. The van der Waals surface area contributed by atoms with Crippen LogP contribution in [0.3, 0.4) is 0 Å². The molecule has 1 unspecified atom stereocenters. The summed E-state index contributed by atoms with van der Waals surface area (Å²) < 4.78 is 9.65. The van der Waals surface area contributed by atoms with Gasteiger partial charge in [-0.1, -0.05) is 15.9 Å². The van der Waals surface area contributed by atoms with E-state index in [1.165, 1.54) is 0 Å². The standard InChI is InChI=1S/C10H17BrO4/c1-3-14-9(12)7-8(5-6-11)10(13)15-4-2/h8H,3-7H2,1-2H3. The molecule has 0 aromatic heterocycles. The zero-order valence-electron chi connectivity index (χ0n) is 9.12. The van der Waals surface area contributed by atoms with E-state index in [-0.39, 0.29) is 18.4 Å². The Hall–Kier alpha value is -0.580. The molecule has 0 aromatic carbocycles. The summed E-state index contributed by atoms with van der Waals surface area (Å²) >= 11 is 3.24. The lowest BCUT2D eigenvalue weighted by atomic mass is 10.0. The SMILES string of the molecule is CCOC(=O)CC(CCBr)C(=O)OCC. The minimum absolute atomic E-state index is 0.0955. The molecule has 0 saturated carbocycles. The van der Waals surface area contributed by atoms with Crippen molar-refractivity contribution in [1.29, 1.82) is 0 Å². The highest BCUT2D eigenvalue weighted by atomic mass is 79.9. The van der Waals surface area contributed by atoms with E-state index in [0.717, 1.165) is 0 Å². The fourth-order valence-corrected chi connectivity index (χ4v) is 1.67. The minimum Gasteiger partial charge on any atom is -0.466 e. The predicted molar refractivity (Wildman–Crippen MR) is 59.8 cm³/mol. The molecule has 0 aliphatic rings. The Kier molecular flexibility index (Phi) is 8.37. The first-order chi connectivity index (χ1) is 7.15. The number of hydrogen-bond donors (Lipinski definition) is 0. The molecule has 0 aliphatic carbocycles. The molecule has 0 N–H and O–H groups in total. The van der Waals surface area contributed by atoms with E-state index in [1.54, 1.807) is 13.8 Å². The second kappa shape index (κ2) is 8.71. The molecular weight excluding hydrogens is 264 g/mol. The zero-order valence-corrected chi connectivity index (χ0v) is 10.7. The van der Waals surface area contributed by atoms with Crippen molar-refractivity contribution in [3.8, 4) is 0 Å². The van der Waals surface area contributed by atoms with Crippen LogP contribution < -0.4 is 0 Å². The van der Waals surface area contributed by atoms with Gasteiger partial charge in [0, 0.05) is 5.33 Å². The van der Waals surface area contributed by atoms with Gasteiger partial charge in [0.25, 0.3) is 0 Å². The summed E-state index contributed by atoms with van der Waals surface area (Å²) in [6, 6.07) is 0. The fraction of sp³-hybridized carbons (Fsp3) is 0.800. The fourth-order valence-electron chi connectivity index (χ4n) is 1.12. The maximum absolute atomic E-state index is 11.4. The van der Waals surface area contributed by atoms with Crippen LogP contribution in [-0.4, -0.2) is 30.5 Å². The number of halogens is 1. The lowest BCUT2D eigenvalue weighted by Crippen LogP contribution is -2.22. The number of alkyl halides is 1. The summed E-state index contributed by atoms with van der Waals surface area (Å²) in [7, 11) is 0. The number of hydrogen-bond acceptors (Lipinski definition) is 4. The lowest BCUT2D eigenvalue weighted by molar-refractivity contribution is -0.154. The van der Waals surface area contributed by atoms with Crippen LogP contribution in [0.15, 0.2) is 0 Å². The van der Waals surface area contributed by atoms with Gasteiger partial charge < -0.3 is 9.47 Å². The molecule has 0 bridgehead atoms. The van der Waals surface area contributed by atoms with Crippen molar-refractivity contribution in [3.63, 3.8) is 0 Å². The van der Waals surface area contributed by atoms with Gasteiger partial charge in [-0.2, -0.15) is 0 Å². The lowest BCUT2D eigenvalue weighted by Gasteiger charge is -2.13. The van der Waals surface area contributed by atoms with Gasteiger partial charge in [-0.25, -0.2) is 0 Å². The van der Waals surface area contributed by atoms with Crippen molar-refractivity contribution in [1.82, 2.24) is 0 Å². The van der Waals surface area contributed by atoms with Crippen molar-refractivity contribution in [3.05, 3.63) is 0 Å². The maximum Gasteiger partial charge on any atom is 0.309 e. The third kappa shape index (κ3) is 6.49. The summed E-state index contributed by atoms with van der Waals surface area (Å²) in [6.45, 7) is 4.15. The molecule has 5 heteroatoms. The molecule has 15 heavy (non-hydrogen) atoms. The van der Waals surface area contributed by atoms with Gasteiger partial charge in [0.2, 0.25) is 0 Å². The van der Waals surface area contributed by atoms with Gasteiger partial charge in [-0.05, 0) is 20.3 Å². The van der Waals surface area contributed by atoms with E-state index in [0.29, 0.717) is 25.0 Å². The molecule has 88 valence electrons. The van der Waals surface area contributed by atoms with Crippen molar-refractivity contribution >= 4 is 27.9 Å². The van der Waals surface area contributed by atoms with Gasteiger partial charge in [-0.15, -0.1) is 0 Å². The van der Waals surface area contributed by atoms with Crippen LogP contribution in [0.2, 0.25) is 0 Å². The molecule has 0 heterocycles. The number of rotatable bonds is 7. The van der Waals surface area contributed by atoms with Crippen LogP contribution in [0.1, 0.15) is 26.7 Å². The average molecular weight is 281 g/mol. The van der Waals surface area contributed by atoms with Crippen LogP contribution in [0.5, 0.6) is 0 Å². The highest BCUT2D eigenvalue weighted by molar-refractivity contribution is 9.09. The second-order valence-electron chi connectivity index (χ2n) is 2.94. The number of esters is 2. The van der Waals surface area contributed by atoms with Crippen LogP contribution in [0, 0.1) is 5.92 Å². The number of carbonyl (C=O) groups excluding carboxylic acids is 2. The first kappa shape index (κ1) is 14.4. The summed E-state index contributed by atoms with van der Waals surface area (Å²) in [6.07, 6.45) is 0.677. The molecule has 0 saturated heterocycles. The Morgan fingerprint density at radius 3 is 2.27 bits per heavy atom. The van der Waals surface area contributed by atoms with Crippen LogP contribution in [-0.2, 0) is 19.1 Å². The second-order valence-corrected chi connectivity index (χ2v) is 3.73. The van der Waals surface area contributed by atoms with Crippen molar-refractivity contribution in [2.45, 2.75) is 26.7 Å². The van der Waals surface area contributed by atoms with Gasteiger partial charge in [0.1, 0.15) is 0 Å². The molecule has 0 aromatic rings. The van der Waals surface area contributed by atoms with E-state index in [9.17, 15) is 9.59 Å². The average Bonchev–Trinajstić information content (AvgIpc) is 2.18. The van der Waals surface area contributed by atoms with Crippen LogP contribution >= 0.6 is 15.9 Å². The van der Waals surface area contributed by atoms with Crippen LogP contribution in [0.4, 0.5) is 0 Å². The molecule has 0 radical (unpaired) electrons. The molecule has 1 atom stereocenters.